The van der Waals surface area contributed by atoms with Gasteiger partial charge in [-0.2, -0.15) is 0 Å². The standard InChI is InChI=1S/C19H19ClN2O3/c1-13-19(24)21(2)18(14-8-10-15(20)11-9-14)22(13)17(23)12-25-16-6-4-3-5-7-16/h3-11,13,18H,12H2,1-2H3. The Morgan fingerprint density at radius 2 is 1.76 bits per heavy atom. The SMILES string of the molecule is CC1C(=O)N(C)C(c2ccc(Cl)cc2)N1C(=O)COc1ccccc1. The van der Waals surface area contributed by atoms with Gasteiger partial charge >= 0.3 is 0 Å². The van der Waals surface area contributed by atoms with Crippen LogP contribution in [0.2, 0.25) is 5.02 Å². The van der Waals surface area contributed by atoms with Gasteiger partial charge in [0.1, 0.15) is 18.0 Å². The number of amides is 2. The molecule has 0 aliphatic carbocycles. The van der Waals surface area contributed by atoms with E-state index in [1.807, 2.05) is 30.3 Å². The fourth-order valence-corrected chi connectivity index (χ4v) is 3.17. The number of rotatable bonds is 4. The lowest BCUT2D eigenvalue weighted by Crippen LogP contribution is -2.40. The molecule has 6 heteroatoms. The zero-order valence-corrected chi connectivity index (χ0v) is 14.8. The van der Waals surface area contributed by atoms with Crippen molar-refractivity contribution < 1.29 is 14.3 Å². The van der Waals surface area contributed by atoms with Crippen molar-refractivity contribution in [2.45, 2.75) is 19.1 Å². The molecule has 25 heavy (non-hydrogen) atoms. The number of ether oxygens (including phenoxy) is 1. The maximum atomic E-state index is 12.8. The molecule has 3 rings (SSSR count). The number of carbonyl (C=O) groups excluding carboxylic acids is 2. The third kappa shape index (κ3) is 3.46. The maximum Gasteiger partial charge on any atom is 0.263 e. The van der Waals surface area contributed by atoms with Crippen LogP contribution in [0.4, 0.5) is 0 Å². The summed E-state index contributed by atoms with van der Waals surface area (Å²) in [6, 6.07) is 15.7. The Morgan fingerprint density at radius 3 is 2.40 bits per heavy atom. The second-order valence-electron chi connectivity index (χ2n) is 5.95. The van der Waals surface area contributed by atoms with E-state index < -0.39 is 12.2 Å². The van der Waals surface area contributed by atoms with Crippen molar-refractivity contribution in [2.24, 2.45) is 0 Å². The lowest BCUT2D eigenvalue weighted by atomic mass is 10.1. The Kier molecular flexibility index (Phi) is 4.95. The molecule has 0 radical (unpaired) electrons. The summed E-state index contributed by atoms with van der Waals surface area (Å²) in [5.41, 5.74) is 0.831. The molecular weight excluding hydrogens is 340 g/mol. The number of halogens is 1. The molecule has 1 saturated heterocycles. The largest absolute Gasteiger partial charge is 0.484 e. The van der Waals surface area contributed by atoms with Crippen LogP contribution >= 0.6 is 11.6 Å². The summed E-state index contributed by atoms with van der Waals surface area (Å²) in [4.78, 5) is 28.3. The van der Waals surface area contributed by atoms with Crippen molar-refractivity contribution in [2.75, 3.05) is 13.7 Å². The minimum atomic E-state index is -0.544. The van der Waals surface area contributed by atoms with E-state index in [1.165, 1.54) is 0 Å². The molecule has 2 amide bonds. The first kappa shape index (κ1) is 17.3. The number of para-hydroxylation sites is 1. The molecule has 1 fully saturated rings. The lowest BCUT2D eigenvalue weighted by Gasteiger charge is -2.29. The smallest absolute Gasteiger partial charge is 0.263 e. The lowest BCUT2D eigenvalue weighted by molar-refractivity contribution is -0.138. The van der Waals surface area contributed by atoms with Gasteiger partial charge < -0.3 is 14.5 Å². The number of likely N-dealkylation sites (N-methyl/N-ethyl adjacent to an activating group) is 1. The minimum absolute atomic E-state index is 0.104. The fourth-order valence-electron chi connectivity index (χ4n) is 3.04. The molecule has 0 N–H and O–H groups in total. The van der Waals surface area contributed by atoms with E-state index in [0.717, 1.165) is 5.56 Å². The minimum Gasteiger partial charge on any atom is -0.484 e. The van der Waals surface area contributed by atoms with Gasteiger partial charge in [-0.1, -0.05) is 41.9 Å². The van der Waals surface area contributed by atoms with Gasteiger partial charge in [-0.25, -0.2) is 0 Å². The summed E-state index contributed by atoms with van der Waals surface area (Å²) in [6.45, 7) is 1.61. The van der Waals surface area contributed by atoms with Crippen LogP contribution in [0.3, 0.4) is 0 Å². The highest BCUT2D eigenvalue weighted by Crippen LogP contribution is 2.33. The molecule has 130 valence electrons. The van der Waals surface area contributed by atoms with E-state index in [4.69, 9.17) is 16.3 Å². The van der Waals surface area contributed by atoms with Gasteiger partial charge in [0.2, 0.25) is 5.91 Å². The molecule has 1 aliphatic rings. The molecule has 2 aromatic rings. The molecule has 2 atom stereocenters. The average Bonchev–Trinajstić information content (AvgIpc) is 2.85. The van der Waals surface area contributed by atoms with Crippen LogP contribution in [0.25, 0.3) is 0 Å². The van der Waals surface area contributed by atoms with E-state index in [1.54, 1.807) is 48.0 Å². The Bertz CT molecular complexity index is 764. The molecule has 2 unspecified atom stereocenters. The van der Waals surface area contributed by atoms with Gasteiger partial charge in [0.15, 0.2) is 6.61 Å². The van der Waals surface area contributed by atoms with Gasteiger partial charge in [0, 0.05) is 12.1 Å². The number of benzene rings is 2. The third-order valence-corrected chi connectivity index (χ3v) is 4.57. The topological polar surface area (TPSA) is 49.9 Å². The average molecular weight is 359 g/mol. The summed E-state index contributed by atoms with van der Waals surface area (Å²) in [5.74, 6) is 0.271. The monoisotopic (exact) mass is 358 g/mol. The Hall–Kier alpha value is -2.53. The van der Waals surface area contributed by atoms with Gasteiger partial charge in [-0.15, -0.1) is 0 Å². The molecule has 2 aromatic carbocycles. The van der Waals surface area contributed by atoms with Crippen LogP contribution in [0.1, 0.15) is 18.7 Å². The second-order valence-corrected chi connectivity index (χ2v) is 6.39. The molecule has 1 heterocycles. The maximum absolute atomic E-state index is 12.8. The van der Waals surface area contributed by atoms with Crippen molar-refractivity contribution in [1.82, 2.24) is 9.80 Å². The molecule has 0 spiro atoms. The van der Waals surface area contributed by atoms with Crippen LogP contribution in [-0.2, 0) is 9.59 Å². The zero-order valence-electron chi connectivity index (χ0n) is 14.1. The Labute approximate surface area is 151 Å². The molecule has 0 bridgehead atoms. The first-order valence-corrected chi connectivity index (χ1v) is 8.38. The number of carbonyl (C=O) groups is 2. The van der Waals surface area contributed by atoms with E-state index in [-0.39, 0.29) is 18.4 Å². The van der Waals surface area contributed by atoms with Crippen LogP contribution in [0.5, 0.6) is 5.75 Å². The molecule has 5 nitrogen and oxygen atoms in total. The highest BCUT2D eigenvalue weighted by atomic mass is 35.5. The predicted molar refractivity (Wildman–Crippen MR) is 95.2 cm³/mol. The van der Waals surface area contributed by atoms with Crippen molar-refractivity contribution in [3.05, 3.63) is 65.2 Å². The number of hydrogen-bond acceptors (Lipinski definition) is 3. The quantitative estimate of drug-likeness (QED) is 0.843. The van der Waals surface area contributed by atoms with Crippen molar-refractivity contribution in [1.29, 1.82) is 0 Å². The van der Waals surface area contributed by atoms with Crippen LogP contribution in [-0.4, -0.2) is 41.3 Å². The van der Waals surface area contributed by atoms with Gasteiger partial charge in [0.25, 0.3) is 5.91 Å². The van der Waals surface area contributed by atoms with Gasteiger partial charge in [0.05, 0.1) is 0 Å². The summed E-state index contributed by atoms with van der Waals surface area (Å²) in [5, 5.41) is 0.606. The van der Waals surface area contributed by atoms with Crippen molar-refractivity contribution >= 4 is 23.4 Å². The van der Waals surface area contributed by atoms with Crippen LogP contribution < -0.4 is 4.74 Å². The van der Waals surface area contributed by atoms with E-state index >= 15 is 0 Å². The first-order valence-electron chi connectivity index (χ1n) is 8.00. The van der Waals surface area contributed by atoms with Crippen molar-refractivity contribution in [3.63, 3.8) is 0 Å². The van der Waals surface area contributed by atoms with Crippen molar-refractivity contribution in [3.8, 4) is 5.75 Å². The molecule has 0 aromatic heterocycles. The van der Waals surface area contributed by atoms with Crippen LogP contribution in [0, 0.1) is 0 Å². The van der Waals surface area contributed by atoms with E-state index in [9.17, 15) is 9.59 Å². The Balaban J connectivity index is 1.81. The predicted octanol–water partition coefficient (Wildman–Crippen LogP) is 3.11. The normalized spacial score (nSPS) is 20.0. The molecule has 0 saturated carbocycles. The highest BCUT2D eigenvalue weighted by Gasteiger charge is 2.45. The summed E-state index contributed by atoms with van der Waals surface area (Å²) in [7, 11) is 1.70. The van der Waals surface area contributed by atoms with E-state index in [0.29, 0.717) is 10.8 Å². The summed E-state index contributed by atoms with van der Waals surface area (Å²) >= 11 is 5.95. The Morgan fingerprint density at radius 1 is 1.12 bits per heavy atom. The fraction of sp³-hybridized carbons (Fsp3) is 0.263. The van der Waals surface area contributed by atoms with Gasteiger partial charge in [-0.05, 0) is 36.8 Å². The van der Waals surface area contributed by atoms with Gasteiger partial charge in [-0.3, -0.25) is 9.59 Å². The molecular formula is C19H19ClN2O3. The van der Waals surface area contributed by atoms with E-state index in [2.05, 4.69) is 0 Å². The number of nitrogens with zero attached hydrogens (tertiary/aromatic N) is 2. The van der Waals surface area contributed by atoms with Crippen LogP contribution in [0.15, 0.2) is 54.6 Å². The summed E-state index contributed by atoms with van der Waals surface area (Å²) in [6.07, 6.45) is -0.466. The third-order valence-electron chi connectivity index (χ3n) is 4.31. The summed E-state index contributed by atoms with van der Waals surface area (Å²) < 4.78 is 5.56. The second kappa shape index (κ2) is 7.15. The highest BCUT2D eigenvalue weighted by molar-refractivity contribution is 6.30. The first-order chi connectivity index (χ1) is 12.0. The molecule has 1 aliphatic heterocycles. The zero-order chi connectivity index (χ0) is 18.0. The number of hydrogen-bond donors (Lipinski definition) is 0.